The normalized spacial score (nSPS) is 12.7. The molecule has 0 amide bonds. The van der Waals surface area contributed by atoms with Crippen LogP contribution in [-0.4, -0.2) is 5.11 Å². The molecule has 0 radical (unpaired) electrons. The Labute approximate surface area is 129 Å². The Kier molecular flexibility index (Phi) is 6.75. The number of hydrogen-bond acceptors (Lipinski definition) is 1. The molecule has 0 aliphatic rings. The van der Waals surface area contributed by atoms with Gasteiger partial charge in [-0.15, -0.1) is 0 Å². The van der Waals surface area contributed by atoms with Crippen LogP contribution in [0.5, 0.6) is 0 Å². The first-order valence-electron chi connectivity index (χ1n) is 8.48. The second-order valence-electron chi connectivity index (χ2n) is 6.03. The minimum absolute atomic E-state index is 0.315. The van der Waals surface area contributed by atoms with Gasteiger partial charge in [-0.25, -0.2) is 0 Å². The SMILES string of the molecule is CCCCCCCCCC(O)c1ccc2ccccc2c1. The van der Waals surface area contributed by atoms with Gasteiger partial charge in [-0.1, -0.05) is 88.3 Å². The van der Waals surface area contributed by atoms with E-state index in [1.54, 1.807) is 0 Å². The molecule has 0 aliphatic heterocycles. The first kappa shape index (κ1) is 16.0. The summed E-state index contributed by atoms with van der Waals surface area (Å²) in [5.41, 5.74) is 1.06. The minimum Gasteiger partial charge on any atom is -0.388 e. The maximum atomic E-state index is 10.3. The van der Waals surface area contributed by atoms with Crippen LogP contribution in [0.3, 0.4) is 0 Å². The van der Waals surface area contributed by atoms with E-state index in [1.165, 1.54) is 49.3 Å². The molecule has 0 bridgehead atoms. The van der Waals surface area contributed by atoms with Crippen molar-refractivity contribution in [2.75, 3.05) is 0 Å². The summed E-state index contributed by atoms with van der Waals surface area (Å²) in [6.45, 7) is 2.25. The van der Waals surface area contributed by atoms with Crippen LogP contribution >= 0.6 is 0 Å². The number of aliphatic hydroxyl groups is 1. The number of fused-ring (bicyclic) bond motifs is 1. The molecule has 21 heavy (non-hydrogen) atoms. The second kappa shape index (κ2) is 8.84. The van der Waals surface area contributed by atoms with Gasteiger partial charge in [-0.05, 0) is 28.8 Å². The topological polar surface area (TPSA) is 20.2 Å². The molecule has 1 atom stereocenters. The fraction of sp³-hybridized carbons (Fsp3) is 0.500. The molecule has 0 aromatic heterocycles. The summed E-state index contributed by atoms with van der Waals surface area (Å²) in [4.78, 5) is 0. The van der Waals surface area contributed by atoms with Crippen LogP contribution in [0.2, 0.25) is 0 Å². The highest BCUT2D eigenvalue weighted by molar-refractivity contribution is 5.83. The van der Waals surface area contributed by atoms with Crippen LogP contribution < -0.4 is 0 Å². The summed E-state index contributed by atoms with van der Waals surface area (Å²) in [5, 5.41) is 12.8. The summed E-state index contributed by atoms with van der Waals surface area (Å²) in [5.74, 6) is 0. The number of unbranched alkanes of at least 4 members (excludes halogenated alkanes) is 6. The lowest BCUT2D eigenvalue weighted by molar-refractivity contribution is 0.163. The molecule has 114 valence electrons. The van der Waals surface area contributed by atoms with Gasteiger partial charge in [0.25, 0.3) is 0 Å². The van der Waals surface area contributed by atoms with Crippen molar-refractivity contribution >= 4 is 10.8 Å². The van der Waals surface area contributed by atoms with Crippen molar-refractivity contribution in [2.45, 2.75) is 64.4 Å². The average molecular weight is 284 g/mol. The van der Waals surface area contributed by atoms with E-state index in [0.717, 1.165) is 18.4 Å². The number of hydrogen-bond donors (Lipinski definition) is 1. The molecule has 0 saturated carbocycles. The molecule has 1 heteroatoms. The van der Waals surface area contributed by atoms with Gasteiger partial charge < -0.3 is 5.11 Å². The average Bonchev–Trinajstić information content (AvgIpc) is 2.53. The van der Waals surface area contributed by atoms with Crippen molar-refractivity contribution in [3.8, 4) is 0 Å². The quantitative estimate of drug-likeness (QED) is 0.559. The first-order valence-corrected chi connectivity index (χ1v) is 8.48. The monoisotopic (exact) mass is 284 g/mol. The van der Waals surface area contributed by atoms with E-state index in [4.69, 9.17) is 0 Å². The lowest BCUT2D eigenvalue weighted by atomic mass is 9.99. The van der Waals surface area contributed by atoms with Gasteiger partial charge >= 0.3 is 0 Å². The van der Waals surface area contributed by atoms with Gasteiger partial charge in [-0.2, -0.15) is 0 Å². The minimum atomic E-state index is -0.315. The van der Waals surface area contributed by atoms with E-state index in [0.29, 0.717) is 0 Å². The molecule has 1 nitrogen and oxygen atoms in total. The Morgan fingerprint density at radius 3 is 2.24 bits per heavy atom. The van der Waals surface area contributed by atoms with E-state index in [2.05, 4.69) is 49.4 Å². The van der Waals surface area contributed by atoms with Crippen LogP contribution in [0.15, 0.2) is 42.5 Å². The maximum Gasteiger partial charge on any atom is 0.0790 e. The predicted octanol–water partition coefficient (Wildman–Crippen LogP) is 6.01. The molecular formula is C20H28O. The van der Waals surface area contributed by atoms with E-state index < -0.39 is 0 Å². The highest BCUT2D eigenvalue weighted by Gasteiger charge is 2.07. The first-order chi connectivity index (χ1) is 10.3. The van der Waals surface area contributed by atoms with Crippen molar-refractivity contribution in [1.29, 1.82) is 0 Å². The predicted molar refractivity (Wildman–Crippen MR) is 91.5 cm³/mol. The Hall–Kier alpha value is -1.34. The van der Waals surface area contributed by atoms with E-state index in [1.807, 2.05) is 0 Å². The highest BCUT2D eigenvalue weighted by Crippen LogP contribution is 2.24. The van der Waals surface area contributed by atoms with Gasteiger partial charge in [0.05, 0.1) is 6.10 Å². The van der Waals surface area contributed by atoms with E-state index in [-0.39, 0.29) is 6.10 Å². The van der Waals surface area contributed by atoms with Crippen LogP contribution in [0.4, 0.5) is 0 Å². The molecule has 0 aliphatic carbocycles. The molecule has 0 heterocycles. The third kappa shape index (κ3) is 5.17. The zero-order valence-corrected chi connectivity index (χ0v) is 13.2. The lowest BCUT2D eigenvalue weighted by Gasteiger charge is -2.12. The van der Waals surface area contributed by atoms with Gasteiger partial charge in [0.1, 0.15) is 0 Å². The summed E-state index contributed by atoms with van der Waals surface area (Å²) in [6.07, 6.45) is 9.62. The Morgan fingerprint density at radius 2 is 1.48 bits per heavy atom. The van der Waals surface area contributed by atoms with Crippen LogP contribution in [0, 0.1) is 0 Å². The summed E-state index contributed by atoms with van der Waals surface area (Å²) in [7, 11) is 0. The Bertz CT molecular complexity index is 532. The molecule has 2 aromatic carbocycles. The Balaban J connectivity index is 1.75. The lowest BCUT2D eigenvalue weighted by Crippen LogP contribution is -1.97. The summed E-state index contributed by atoms with van der Waals surface area (Å²) in [6, 6.07) is 14.6. The largest absolute Gasteiger partial charge is 0.388 e. The highest BCUT2D eigenvalue weighted by atomic mass is 16.3. The molecule has 2 aromatic rings. The molecule has 1 N–H and O–H groups in total. The molecule has 0 fully saturated rings. The van der Waals surface area contributed by atoms with Crippen molar-refractivity contribution in [3.05, 3.63) is 48.0 Å². The van der Waals surface area contributed by atoms with E-state index in [9.17, 15) is 5.11 Å². The standard InChI is InChI=1S/C20H28O/c1-2-3-4-5-6-7-8-13-20(21)19-15-14-17-11-9-10-12-18(17)16-19/h9-12,14-16,20-21H,2-8,13H2,1H3. The van der Waals surface area contributed by atoms with Crippen molar-refractivity contribution in [3.63, 3.8) is 0 Å². The smallest absolute Gasteiger partial charge is 0.0790 e. The van der Waals surface area contributed by atoms with Gasteiger partial charge in [0, 0.05) is 0 Å². The number of benzene rings is 2. The van der Waals surface area contributed by atoms with Crippen LogP contribution in [-0.2, 0) is 0 Å². The molecule has 1 unspecified atom stereocenters. The zero-order chi connectivity index (χ0) is 14.9. The fourth-order valence-corrected chi connectivity index (χ4v) is 2.88. The van der Waals surface area contributed by atoms with Crippen LogP contribution in [0.25, 0.3) is 10.8 Å². The number of aliphatic hydroxyl groups excluding tert-OH is 1. The Morgan fingerprint density at radius 1 is 0.810 bits per heavy atom. The number of rotatable bonds is 9. The molecule has 2 rings (SSSR count). The zero-order valence-electron chi connectivity index (χ0n) is 13.2. The van der Waals surface area contributed by atoms with Crippen LogP contribution in [0.1, 0.15) is 70.0 Å². The maximum absolute atomic E-state index is 10.3. The second-order valence-corrected chi connectivity index (χ2v) is 6.03. The molecular weight excluding hydrogens is 256 g/mol. The third-order valence-electron chi connectivity index (χ3n) is 4.24. The van der Waals surface area contributed by atoms with Gasteiger partial charge in [-0.3, -0.25) is 0 Å². The van der Waals surface area contributed by atoms with Gasteiger partial charge in [0.15, 0.2) is 0 Å². The summed E-state index contributed by atoms with van der Waals surface area (Å²) < 4.78 is 0. The summed E-state index contributed by atoms with van der Waals surface area (Å²) >= 11 is 0. The van der Waals surface area contributed by atoms with E-state index >= 15 is 0 Å². The van der Waals surface area contributed by atoms with Crippen molar-refractivity contribution < 1.29 is 5.11 Å². The third-order valence-corrected chi connectivity index (χ3v) is 4.24. The van der Waals surface area contributed by atoms with Gasteiger partial charge in [0.2, 0.25) is 0 Å². The molecule has 0 saturated heterocycles. The van der Waals surface area contributed by atoms with Crippen molar-refractivity contribution in [1.82, 2.24) is 0 Å². The van der Waals surface area contributed by atoms with Crippen molar-refractivity contribution in [2.24, 2.45) is 0 Å². The molecule has 0 spiro atoms. The fourth-order valence-electron chi connectivity index (χ4n) is 2.88.